The molecule has 1 fully saturated rings. The summed E-state index contributed by atoms with van der Waals surface area (Å²) in [7, 11) is 1.80. The molecule has 1 amide bonds. The Morgan fingerprint density at radius 1 is 1.35 bits per heavy atom. The van der Waals surface area contributed by atoms with Crippen LogP contribution in [0, 0.1) is 0 Å². The van der Waals surface area contributed by atoms with Crippen molar-refractivity contribution in [1.29, 1.82) is 0 Å². The third kappa shape index (κ3) is 4.11. The van der Waals surface area contributed by atoms with Crippen LogP contribution in [0.5, 0.6) is 0 Å². The number of hydrogen-bond acceptors (Lipinski definition) is 3. The normalized spacial score (nSPS) is 22.5. The van der Waals surface area contributed by atoms with Gasteiger partial charge in [0.2, 0.25) is 5.91 Å². The highest BCUT2D eigenvalue weighted by Crippen LogP contribution is 2.31. The third-order valence-corrected chi connectivity index (χ3v) is 5.40. The first kappa shape index (κ1) is 18.5. The number of aliphatic imine (C=N–C) groups is 1. The van der Waals surface area contributed by atoms with E-state index in [1.165, 1.54) is 11.3 Å². The van der Waals surface area contributed by atoms with Crippen LogP contribution in [0.1, 0.15) is 32.3 Å². The highest BCUT2D eigenvalue weighted by Gasteiger charge is 2.27. The minimum absolute atomic E-state index is 0.235. The van der Waals surface area contributed by atoms with Crippen LogP contribution in [0.25, 0.3) is 0 Å². The molecule has 0 saturated carbocycles. The molecule has 2 atom stereocenters. The summed E-state index contributed by atoms with van der Waals surface area (Å²) < 4.78 is 0. The first-order valence-electron chi connectivity index (χ1n) is 9.71. The zero-order valence-corrected chi connectivity index (χ0v) is 16.2. The summed E-state index contributed by atoms with van der Waals surface area (Å²) >= 11 is 0. The van der Waals surface area contributed by atoms with E-state index in [0.717, 1.165) is 45.0 Å². The summed E-state index contributed by atoms with van der Waals surface area (Å²) in [6.07, 6.45) is 2.67. The quantitative estimate of drug-likeness (QED) is 0.621. The number of fused-ring (bicyclic) bond motifs is 1. The van der Waals surface area contributed by atoms with Gasteiger partial charge in [0.1, 0.15) is 0 Å². The molecule has 142 valence electrons. The summed E-state index contributed by atoms with van der Waals surface area (Å²) in [6.45, 7) is 7.59. The van der Waals surface area contributed by atoms with Crippen LogP contribution in [0.4, 0.5) is 5.69 Å². The molecular formula is C20H31N5O. The average molecular weight is 358 g/mol. The second-order valence-corrected chi connectivity index (χ2v) is 7.20. The zero-order valence-electron chi connectivity index (χ0n) is 16.2. The Labute approximate surface area is 156 Å². The van der Waals surface area contributed by atoms with Crippen LogP contribution in [0.3, 0.4) is 0 Å². The van der Waals surface area contributed by atoms with Crippen molar-refractivity contribution in [2.75, 3.05) is 38.1 Å². The fourth-order valence-corrected chi connectivity index (χ4v) is 3.98. The lowest BCUT2D eigenvalue weighted by molar-refractivity contribution is -0.129. The maximum atomic E-state index is 11.8. The summed E-state index contributed by atoms with van der Waals surface area (Å²) in [5.74, 6) is 1.06. The van der Waals surface area contributed by atoms with Crippen LogP contribution in [-0.2, 0) is 11.2 Å². The fourth-order valence-electron chi connectivity index (χ4n) is 3.98. The molecule has 0 radical (unpaired) electrons. The molecule has 0 aliphatic carbocycles. The van der Waals surface area contributed by atoms with Gasteiger partial charge in [-0.05, 0) is 31.4 Å². The van der Waals surface area contributed by atoms with E-state index in [-0.39, 0.29) is 11.9 Å². The third-order valence-electron chi connectivity index (χ3n) is 5.40. The number of carbonyl (C=O) groups excluding carboxylic acids is 1. The van der Waals surface area contributed by atoms with Crippen LogP contribution in [0.15, 0.2) is 29.3 Å². The highest BCUT2D eigenvalue weighted by atomic mass is 16.2. The molecule has 6 heteroatoms. The molecule has 6 nitrogen and oxygen atoms in total. The van der Waals surface area contributed by atoms with Gasteiger partial charge in [0.25, 0.3) is 0 Å². The van der Waals surface area contributed by atoms with Crippen LogP contribution < -0.4 is 15.5 Å². The SMILES string of the molecule is CCC(=O)N1CCC(NC(=NC)NCCN2c3ccccc3CC2C)C1. The van der Waals surface area contributed by atoms with E-state index < -0.39 is 0 Å². The first-order valence-corrected chi connectivity index (χ1v) is 9.71. The number of guanidine groups is 1. The van der Waals surface area contributed by atoms with Gasteiger partial charge in [0, 0.05) is 57.4 Å². The number of nitrogens with zero attached hydrogens (tertiary/aromatic N) is 3. The second kappa shape index (κ2) is 8.43. The molecule has 2 N–H and O–H groups in total. The van der Waals surface area contributed by atoms with Crippen LogP contribution in [-0.4, -0.2) is 62.1 Å². The van der Waals surface area contributed by atoms with Crippen molar-refractivity contribution < 1.29 is 4.79 Å². The predicted octanol–water partition coefficient (Wildman–Crippen LogP) is 1.61. The van der Waals surface area contributed by atoms with Crippen molar-refractivity contribution >= 4 is 17.6 Å². The average Bonchev–Trinajstić information content (AvgIpc) is 3.24. The molecule has 2 unspecified atom stereocenters. The van der Waals surface area contributed by atoms with Crippen molar-refractivity contribution in [2.45, 2.75) is 45.2 Å². The second-order valence-electron chi connectivity index (χ2n) is 7.20. The molecule has 2 aliphatic heterocycles. The Bertz CT molecular complexity index is 659. The van der Waals surface area contributed by atoms with E-state index in [0.29, 0.717) is 12.5 Å². The number of nitrogens with one attached hydrogen (secondary N) is 2. The zero-order chi connectivity index (χ0) is 18.5. The Morgan fingerprint density at radius 2 is 2.15 bits per heavy atom. The minimum atomic E-state index is 0.235. The summed E-state index contributed by atoms with van der Waals surface area (Å²) in [5, 5.41) is 6.88. The first-order chi connectivity index (χ1) is 12.6. The summed E-state index contributed by atoms with van der Waals surface area (Å²) in [6, 6.07) is 9.48. The smallest absolute Gasteiger partial charge is 0.222 e. The molecule has 0 bridgehead atoms. The molecule has 1 aromatic carbocycles. The Balaban J connectivity index is 1.46. The number of benzene rings is 1. The van der Waals surface area contributed by atoms with Crippen LogP contribution >= 0.6 is 0 Å². The van der Waals surface area contributed by atoms with Gasteiger partial charge in [-0.2, -0.15) is 0 Å². The standard InChI is InChI=1S/C20H31N5O/c1-4-19(26)24-11-9-17(14-24)23-20(21-3)22-10-12-25-15(2)13-16-7-5-6-8-18(16)25/h5-8,15,17H,4,9-14H2,1-3H3,(H2,21,22,23). The van der Waals surface area contributed by atoms with Crippen molar-refractivity contribution in [2.24, 2.45) is 4.99 Å². The van der Waals surface area contributed by atoms with Gasteiger partial charge >= 0.3 is 0 Å². The van der Waals surface area contributed by atoms with E-state index in [1.54, 1.807) is 7.05 Å². The molecule has 0 aromatic heterocycles. The van der Waals surface area contributed by atoms with Crippen molar-refractivity contribution in [3.63, 3.8) is 0 Å². The Morgan fingerprint density at radius 3 is 2.92 bits per heavy atom. The van der Waals surface area contributed by atoms with E-state index in [2.05, 4.69) is 51.7 Å². The van der Waals surface area contributed by atoms with Crippen molar-refractivity contribution in [3.8, 4) is 0 Å². The van der Waals surface area contributed by atoms with E-state index in [9.17, 15) is 4.79 Å². The number of likely N-dealkylation sites (tertiary alicyclic amines) is 1. The van der Waals surface area contributed by atoms with Crippen LogP contribution in [0.2, 0.25) is 0 Å². The molecular weight excluding hydrogens is 326 g/mol. The molecule has 2 heterocycles. The van der Waals surface area contributed by atoms with E-state index in [4.69, 9.17) is 0 Å². The number of anilines is 1. The lowest BCUT2D eigenvalue weighted by Gasteiger charge is -2.26. The number of para-hydroxylation sites is 1. The Kier molecular flexibility index (Phi) is 6.01. The molecule has 1 saturated heterocycles. The maximum Gasteiger partial charge on any atom is 0.222 e. The monoisotopic (exact) mass is 357 g/mol. The molecule has 2 aliphatic rings. The number of amides is 1. The van der Waals surface area contributed by atoms with Gasteiger partial charge in [-0.25, -0.2) is 0 Å². The van der Waals surface area contributed by atoms with Gasteiger partial charge in [-0.15, -0.1) is 0 Å². The number of rotatable bonds is 5. The number of carbonyl (C=O) groups is 1. The lowest BCUT2D eigenvalue weighted by atomic mass is 10.1. The minimum Gasteiger partial charge on any atom is -0.367 e. The predicted molar refractivity (Wildman–Crippen MR) is 107 cm³/mol. The van der Waals surface area contributed by atoms with E-state index in [1.807, 2.05) is 11.8 Å². The molecule has 0 spiro atoms. The topological polar surface area (TPSA) is 60.0 Å². The highest BCUT2D eigenvalue weighted by molar-refractivity contribution is 5.80. The molecule has 1 aromatic rings. The van der Waals surface area contributed by atoms with Gasteiger partial charge < -0.3 is 20.4 Å². The van der Waals surface area contributed by atoms with Gasteiger partial charge in [0.05, 0.1) is 0 Å². The van der Waals surface area contributed by atoms with Gasteiger partial charge in [-0.1, -0.05) is 25.1 Å². The number of hydrogen-bond donors (Lipinski definition) is 2. The van der Waals surface area contributed by atoms with Gasteiger partial charge in [0.15, 0.2) is 5.96 Å². The van der Waals surface area contributed by atoms with E-state index >= 15 is 0 Å². The van der Waals surface area contributed by atoms with Gasteiger partial charge in [-0.3, -0.25) is 9.79 Å². The van der Waals surface area contributed by atoms with Crippen molar-refractivity contribution in [1.82, 2.24) is 15.5 Å². The summed E-state index contributed by atoms with van der Waals surface area (Å²) in [4.78, 5) is 20.6. The van der Waals surface area contributed by atoms with Crippen molar-refractivity contribution in [3.05, 3.63) is 29.8 Å². The maximum absolute atomic E-state index is 11.8. The lowest BCUT2D eigenvalue weighted by Crippen LogP contribution is -2.47. The molecule has 3 rings (SSSR count). The fraction of sp³-hybridized carbons (Fsp3) is 0.600. The summed E-state index contributed by atoms with van der Waals surface area (Å²) in [5.41, 5.74) is 2.79. The molecule has 26 heavy (non-hydrogen) atoms. The Hall–Kier alpha value is -2.24. The largest absolute Gasteiger partial charge is 0.367 e.